The molecule has 1 fully saturated rings. The average Bonchev–Trinajstić information content (AvgIpc) is 2.35. The first-order valence-electron chi connectivity index (χ1n) is 4.95. The predicted molar refractivity (Wildman–Crippen MR) is 49.4 cm³/mol. The van der Waals surface area contributed by atoms with E-state index in [1.807, 2.05) is 0 Å². The molecule has 0 spiro atoms. The van der Waals surface area contributed by atoms with E-state index in [-0.39, 0.29) is 0 Å². The second-order valence-electron chi connectivity index (χ2n) is 4.23. The Bertz CT molecular complexity index is 103. The third-order valence-electron chi connectivity index (χ3n) is 2.95. The molecule has 1 rings (SSSR count). The van der Waals surface area contributed by atoms with E-state index in [2.05, 4.69) is 13.8 Å². The van der Waals surface area contributed by atoms with Crippen LogP contribution in [0.1, 0.15) is 46.0 Å². The maximum absolute atomic E-state index is 5.76. The molecule has 0 saturated heterocycles. The molecule has 2 unspecified atom stereocenters. The van der Waals surface area contributed by atoms with Crippen LogP contribution < -0.4 is 5.73 Å². The Morgan fingerprint density at radius 2 is 1.82 bits per heavy atom. The van der Waals surface area contributed by atoms with Crippen LogP contribution in [0, 0.1) is 11.8 Å². The molecule has 1 aliphatic rings. The van der Waals surface area contributed by atoms with E-state index in [0.29, 0.717) is 6.04 Å². The zero-order chi connectivity index (χ0) is 8.27. The summed E-state index contributed by atoms with van der Waals surface area (Å²) in [7, 11) is 0. The van der Waals surface area contributed by atoms with E-state index in [0.717, 1.165) is 11.8 Å². The molecule has 66 valence electrons. The SMILES string of the molecule is CC(N)CC(C)C1CCCC1. The summed E-state index contributed by atoms with van der Waals surface area (Å²) in [5, 5.41) is 0. The molecule has 2 atom stereocenters. The van der Waals surface area contributed by atoms with Crippen molar-refractivity contribution in [1.82, 2.24) is 0 Å². The molecule has 11 heavy (non-hydrogen) atoms. The molecule has 0 bridgehead atoms. The van der Waals surface area contributed by atoms with Gasteiger partial charge in [0, 0.05) is 6.04 Å². The zero-order valence-corrected chi connectivity index (χ0v) is 7.84. The first-order valence-corrected chi connectivity index (χ1v) is 4.95. The van der Waals surface area contributed by atoms with Crippen molar-refractivity contribution in [3.63, 3.8) is 0 Å². The van der Waals surface area contributed by atoms with Crippen LogP contribution in [0.3, 0.4) is 0 Å². The standard InChI is InChI=1S/C10H21N/c1-8(7-9(2)11)10-5-3-4-6-10/h8-10H,3-7,11H2,1-2H3. The molecule has 1 aliphatic carbocycles. The van der Waals surface area contributed by atoms with Gasteiger partial charge in [-0.1, -0.05) is 32.6 Å². The fourth-order valence-electron chi connectivity index (χ4n) is 2.31. The van der Waals surface area contributed by atoms with Gasteiger partial charge < -0.3 is 5.73 Å². The summed E-state index contributed by atoms with van der Waals surface area (Å²) in [5.74, 6) is 1.85. The highest BCUT2D eigenvalue weighted by Crippen LogP contribution is 2.32. The molecule has 1 nitrogen and oxygen atoms in total. The topological polar surface area (TPSA) is 26.0 Å². The minimum atomic E-state index is 0.394. The quantitative estimate of drug-likeness (QED) is 0.666. The predicted octanol–water partition coefficient (Wildman–Crippen LogP) is 2.55. The van der Waals surface area contributed by atoms with Gasteiger partial charge in [0.2, 0.25) is 0 Å². The molecule has 2 N–H and O–H groups in total. The summed E-state index contributed by atoms with van der Waals surface area (Å²) in [6, 6.07) is 0.394. The lowest BCUT2D eigenvalue weighted by Gasteiger charge is -2.20. The smallest absolute Gasteiger partial charge is 0.00131 e. The van der Waals surface area contributed by atoms with Crippen LogP contribution in [0.2, 0.25) is 0 Å². The Labute approximate surface area is 70.4 Å². The van der Waals surface area contributed by atoms with Crippen LogP contribution in [0.5, 0.6) is 0 Å². The van der Waals surface area contributed by atoms with Gasteiger partial charge in [-0.05, 0) is 25.2 Å². The Kier molecular flexibility index (Phi) is 3.38. The van der Waals surface area contributed by atoms with Gasteiger partial charge in [-0.2, -0.15) is 0 Å². The Hall–Kier alpha value is -0.0400. The lowest BCUT2D eigenvalue weighted by atomic mass is 9.88. The van der Waals surface area contributed by atoms with Crippen molar-refractivity contribution in [2.24, 2.45) is 17.6 Å². The van der Waals surface area contributed by atoms with Gasteiger partial charge in [-0.3, -0.25) is 0 Å². The zero-order valence-electron chi connectivity index (χ0n) is 7.84. The summed E-state index contributed by atoms with van der Waals surface area (Å²) >= 11 is 0. The van der Waals surface area contributed by atoms with Gasteiger partial charge in [-0.15, -0.1) is 0 Å². The first-order chi connectivity index (χ1) is 5.20. The second kappa shape index (κ2) is 4.10. The van der Waals surface area contributed by atoms with Crippen molar-refractivity contribution in [3.05, 3.63) is 0 Å². The lowest BCUT2D eigenvalue weighted by molar-refractivity contribution is 0.328. The molecule has 1 heteroatoms. The monoisotopic (exact) mass is 155 g/mol. The van der Waals surface area contributed by atoms with Crippen LogP contribution >= 0.6 is 0 Å². The second-order valence-corrected chi connectivity index (χ2v) is 4.23. The van der Waals surface area contributed by atoms with Crippen LogP contribution in [-0.2, 0) is 0 Å². The third-order valence-corrected chi connectivity index (χ3v) is 2.95. The summed E-state index contributed by atoms with van der Waals surface area (Å²) in [6.07, 6.45) is 7.02. The van der Waals surface area contributed by atoms with E-state index < -0.39 is 0 Å². The van der Waals surface area contributed by atoms with Crippen molar-refractivity contribution in [2.75, 3.05) is 0 Å². The van der Waals surface area contributed by atoms with Crippen molar-refractivity contribution >= 4 is 0 Å². The van der Waals surface area contributed by atoms with Crippen molar-refractivity contribution in [1.29, 1.82) is 0 Å². The number of hydrogen-bond acceptors (Lipinski definition) is 1. The largest absolute Gasteiger partial charge is 0.328 e. The van der Waals surface area contributed by atoms with Gasteiger partial charge in [0.15, 0.2) is 0 Å². The minimum Gasteiger partial charge on any atom is -0.328 e. The van der Waals surface area contributed by atoms with E-state index in [1.165, 1.54) is 32.1 Å². The van der Waals surface area contributed by atoms with Gasteiger partial charge in [-0.25, -0.2) is 0 Å². The van der Waals surface area contributed by atoms with Crippen LogP contribution in [0.25, 0.3) is 0 Å². The molecule has 0 aliphatic heterocycles. The maximum Gasteiger partial charge on any atom is 0.00131 e. The minimum absolute atomic E-state index is 0.394. The van der Waals surface area contributed by atoms with E-state index in [9.17, 15) is 0 Å². The Morgan fingerprint density at radius 1 is 1.27 bits per heavy atom. The van der Waals surface area contributed by atoms with Gasteiger partial charge in [0.05, 0.1) is 0 Å². The fraction of sp³-hybridized carbons (Fsp3) is 1.00. The maximum atomic E-state index is 5.76. The number of nitrogens with two attached hydrogens (primary N) is 1. The third kappa shape index (κ3) is 2.82. The summed E-state index contributed by atoms with van der Waals surface area (Å²) in [5.41, 5.74) is 5.76. The van der Waals surface area contributed by atoms with Crippen LogP contribution in [0.4, 0.5) is 0 Å². The fourth-order valence-corrected chi connectivity index (χ4v) is 2.31. The molecular weight excluding hydrogens is 134 g/mol. The van der Waals surface area contributed by atoms with E-state index in [4.69, 9.17) is 5.73 Å². The van der Waals surface area contributed by atoms with Crippen molar-refractivity contribution in [2.45, 2.75) is 52.0 Å². The van der Waals surface area contributed by atoms with E-state index in [1.54, 1.807) is 0 Å². The molecule has 0 heterocycles. The summed E-state index contributed by atoms with van der Waals surface area (Å²) < 4.78 is 0. The Balaban J connectivity index is 2.22. The van der Waals surface area contributed by atoms with Crippen LogP contribution in [0.15, 0.2) is 0 Å². The van der Waals surface area contributed by atoms with Gasteiger partial charge in [0.1, 0.15) is 0 Å². The van der Waals surface area contributed by atoms with Crippen molar-refractivity contribution < 1.29 is 0 Å². The average molecular weight is 155 g/mol. The normalized spacial score (nSPS) is 25.4. The molecule has 1 saturated carbocycles. The van der Waals surface area contributed by atoms with Crippen molar-refractivity contribution in [3.8, 4) is 0 Å². The highest BCUT2D eigenvalue weighted by molar-refractivity contribution is 4.74. The highest BCUT2D eigenvalue weighted by atomic mass is 14.6. The highest BCUT2D eigenvalue weighted by Gasteiger charge is 2.21. The summed E-state index contributed by atoms with van der Waals surface area (Å²) in [4.78, 5) is 0. The lowest BCUT2D eigenvalue weighted by Crippen LogP contribution is -2.21. The molecule has 0 amide bonds. The van der Waals surface area contributed by atoms with Gasteiger partial charge >= 0.3 is 0 Å². The van der Waals surface area contributed by atoms with Crippen LogP contribution in [-0.4, -0.2) is 6.04 Å². The Morgan fingerprint density at radius 3 is 2.27 bits per heavy atom. The van der Waals surface area contributed by atoms with Gasteiger partial charge in [0.25, 0.3) is 0 Å². The number of rotatable bonds is 3. The summed E-state index contributed by atoms with van der Waals surface area (Å²) in [6.45, 7) is 4.48. The molecule has 0 radical (unpaired) electrons. The molecule has 0 aromatic heterocycles. The first kappa shape index (κ1) is 9.05. The molecular formula is C10H21N. The van der Waals surface area contributed by atoms with E-state index >= 15 is 0 Å². The number of hydrogen-bond donors (Lipinski definition) is 1. The molecule has 0 aromatic rings. The molecule has 0 aromatic carbocycles.